The maximum absolute atomic E-state index is 12.3. The van der Waals surface area contributed by atoms with Crippen LogP contribution in [-0.2, 0) is 4.79 Å². The van der Waals surface area contributed by atoms with Crippen LogP contribution in [0.3, 0.4) is 0 Å². The minimum atomic E-state index is -0.737. The van der Waals surface area contributed by atoms with Gasteiger partial charge in [-0.1, -0.05) is 11.6 Å². The summed E-state index contributed by atoms with van der Waals surface area (Å²) in [6.07, 6.45) is 4.23. The number of nitrogens with zero attached hydrogens (tertiary/aromatic N) is 2. The van der Waals surface area contributed by atoms with E-state index < -0.39 is 5.97 Å². The monoisotopic (exact) mass is 252 g/mol. The van der Waals surface area contributed by atoms with Crippen LogP contribution in [0.1, 0.15) is 26.2 Å². The molecule has 0 atom stereocenters. The van der Waals surface area contributed by atoms with Crippen molar-refractivity contribution in [1.82, 2.24) is 9.80 Å². The molecule has 5 nitrogen and oxygen atoms in total. The summed E-state index contributed by atoms with van der Waals surface area (Å²) in [6.45, 7) is 4.65. The molecule has 1 fully saturated rings. The summed E-state index contributed by atoms with van der Waals surface area (Å²) >= 11 is 0. The van der Waals surface area contributed by atoms with E-state index in [2.05, 4.69) is 6.08 Å². The second kappa shape index (κ2) is 5.42. The molecule has 0 radical (unpaired) electrons. The molecule has 0 bridgehead atoms. The largest absolute Gasteiger partial charge is 0.481 e. The molecule has 2 aliphatic rings. The van der Waals surface area contributed by atoms with Crippen molar-refractivity contribution in [3.8, 4) is 0 Å². The molecule has 5 heteroatoms. The van der Waals surface area contributed by atoms with Crippen molar-refractivity contribution >= 4 is 12.0 Å². The first-order valence-electron chi connectivity index (χ1n) is 6.50. The minimum absolute atomic E-state index is 0.0614. The highest BCUT2D eigenvalue weighted by atomic mass is 16.4. The van der Waals surface area contributed by atoms with Crippen molar-refractivity contribution in [3.63, 3.8) is 0 Å². The van der Waals surface area contributed by atoms with Gasteiger partial charge < -0.3 is 14.9 Å². The molecule has 0 aromatic heterocycles. The first-order valence-corrected chi connectivity index (χ1v) is 6.50. The highest BCUT2D eigenvalue weighted by molar-refractivity contribution is 5.76. The maximum Gasteiger partial charge on any atom is 0.320 e. The van der Waals surface area contributed by atoms with Crippen LogP contribution in [0, 0.1) is 5.92 Å². The molecule has 0 aromatic rings. The molecule has 0 aromatic carbocycles. The Balaban J connectivity index is 1.88. The van der Waals surface area contributed by atoms with Gasteiger partial charge in [0.1, 0.15) is 0 Å². The number of carboxylic acids is 1. The van der Waals surface area contributed by atoms with Crippen molar-refractivity contribution in [1.29, 1.82) is 0 Å². The summed E-state index contributed by atoms with van der Waals surface area (Å²) in [4.78, 5) is 26.8. The third kappa shape index (κ3) is 2.83. The zero-order valence-electron chi connectivity index (χ0n) is 10.8. The van der Waals surface area contributed by atoms with Gasteiger partial charge in [-0.05, 0) is 26.2 Å². The van der Waals surface area contributed by atoms with Gasteiger partial charge in [0.2, 0.25) is 0 Å². The zero-order valence-corrected chi connectivity index (χ0v) is 10.8. The smallest absolute Gasteiger partial charge is 0.320 e. The summed E-state index contributed by atoms with van der Waals surface area (Å²) in [6, 6.07) is 0.0614. The average Bonchev–Trinajstić information content (AvgIpc) is 2.38. The van der Waals surface area contributed by atoms with Gasteiger partial charge in [0, 0.05) is 26.2 Å². The number of rotatable bonds is 1. The molecule has 0 spiro atoms. The maximum atomic E-state index is 12.3. The van der Waals surface area contributed by atoms with E-state index in [1.54, 1.807) is 4.90 Å². The Kier molecular flexibility index (Phi) is 3.89. The van der Waals surface area contributed by atoms with Crippen molar-refractivity contribution < 1.29 is 14.7 Å². The molecular weight excluding hydrogens is 232 g/mol. The van der Waals surface area contributed by atoms with Gasteiger partial charge in [0.05, 0.1) is 5.92 Å². The first kappa shape index (κ1) is 12.9. The number of carbonyl (C=O) groups is 2. The number of amides is 2. The van der Waals surface area contributed by atoms with Gasteiger partial charge in [-0.25, -0.2) is 4.79 Å². The summed E-state index contributed by atoms with van der Waals surface area (Å²) in [5, 5.41) is 8.93. The summed E-state index contributed by atoms with van der Waals surface area (Å²) in [5.74, 6) is -1.02. The number of piperidine rings is 1. The SMILES string of the molecule is CC1=CCCN(C(=O)N2CCC(C(=O)O)CC2)C1. The van der Waals surface area contributed by atoms with E-state index in [1.807, 2.05) is 11.8 Å². The third-order valence-corrected chi connectivity index (χ3v) is 3.72. The van der Waals surface area contributed by atoms with Gasteiger partial charge in [0.25, 0.3) is 0 Å². The number of hydrogen-bond donors (Lipinski definition) is 1. The van der Waals surface area contributed by atoms with Crippen LogP contribution in [0.25, 0.3) is 0 Å². The van der Waals surface area contributed by atoms with Crippen molar-refractivity contribution in [2.75, 3.05) is 26.2 Å². The Bertz CT molecular complexity index is 370. The first-order chi connectivity index (χ1) is 8.58. The Morgan fingerprint density at radius 2 is 1.89 bits per heavy atom. The second-order valence-corrected chi connectivity index (χ2v) is 5.14. The lowest BCUT2D eigenvalue weighted by atomic mass is 9.97. The van der Waals surface area contributed by atoms with Crippen molar-refractivity contribution in [2.24, 2.45) is 5.92 Å². The lowest BCUT2D eigenvalue weighted by molar-refractivity contribution is -0.143. The van der Waals surface area contributed by atoms with Crippen LogP contribution in [0.4, 0.5) is 4.79 Å². The van der Waals surface area contributed by atoms with E-state index in [-0.39, 0.29) is 11.9 Å². The predicted octanol–water partition coefficient (Wildman–Crippen LogP) is 1.56. The fourth-order valence-corrected chi connectivity index (χ4v) is 2.59. The lowest BCUT2D eigenvalue weighted by Crippen LogP contribution is -2.48. The molecule has 2 heterocycles. The summed E-state index contributed by atoms with van der Waals surface area (Å²) in [7, 11) is 0. The molecule has 2 rings (SSSR count). The topological polar surface area (TPSA) is 60.9 Å². The zero-order chi connectivity index (χ0) is 13.1. The standard InChI is InChI=1S/C13H20N2O3/c1-10-3-2-6-15(9-10)13(18)14-7-4-11(5-8-14)12(16)17/h3,11H,2,4-9H2,1H3,(H,16,17). The van der Waals surface area contributed by atoms with Gasteiger partial charge in [-0.2, -0.15) is 0 Å². The quantitative estimate of drug-likeness (QED) is 0.720. The van der Waals surface area contributed by atoms with Crippen LogP contribution in [0.5, 0.6) is 0 Å². The Morgan fingerprint density at radius 1 is 1.22 bits per heavy atom. The molecular formula is C13H20N2O3. The number of hydrogen-bond acceptors (Lipinski definition) is 2. The minimum Gasteiger partial charge on any atom is -0.481 e. The number of carbonyl (C=O) groups excluding carboxylic acids is 1. The van der Waals surface area contributed by atoms with Crippen molar-refractivity contribution in [2.45, 2.75) is 26.2 Å². The van der Waals surface area contributed by atoms with Crippen molar-refractivity contribution in [3.05, 3.63) is 11.6 Å². The molecule has 18 heavy (non-hydrogen) atoms. The normalized spacial score (nSPS) is 21.7. The van der Waals surface area contributed by atoms with Crippen LogP contribution < -0.4 is 0 Å². The Hall–Kier alpha value is -1.52. The van der Waals surface area contributed by atoms with E-state index >= 15 is 0 Å². The highest BCUT2D eigenvalue weighted by Crippen LogP contribution is 2.19. The molecule has 2 aliphatic heterocycles. The second-order valence-electron chi connectivity index (χ2n) is 5.14. The molecule has 2 amide bonds. The fraction of sp³-hybridized carbons (Fsp3) is 0.692. The number of aliphatic carboxylic acids is 1. The van der Waals surface area contributed by atoms with Gasteiger partial charge in [-0.15, -0.1) is 0 Å². The fourth-order valence-electron chi connectivity index (χ4n) is 2.59. The summed E-state index contributed by atoms with van der Waals surface area (Å²) < 4.78 is 0. The van der Waals surface area contributed by atoms with Gasteiger partial charge >= 0.3 is 12.0 Å². The Labute approximate surface area is 107 Å². The molecule has 0 saturated carbocycles. The average molecular weight is 252 g/mol. The van der Waals surface area contributed by atoms with E-state index in [1.165, 1.54) is 5.57 Å². The van der Waals surface area contributed by atoms with E-state index in [0.29, 0.717) is 32.5 Å². The van der Waals surface area contributed by atoms with E-state index in [4.69, 9.17) is 5.11 Å². The summed E-state index contributed by atoms with van der Waals surface area (Å²) in [5.41, 5.74) is 1.23. The number of likely N-dealkylation sites (tertiary alicyclic amines) is 1. The van der Waals surface area contributed by atoms with E-state index in [9.17, 15) is 9.59 Å². The van der Waals surface area contributed by atoms with E-state index in [0.717, 1.165) is 13.0 Å². The van der Waals surface area contributed by atoms with Crippen LogP contribution in [0.15, 0.2) is 11.6 Å². The molecule has 1 saturated heterocycles. The Morgan fingerprint density at radius 3 is 2.44 bits per heavy atom. The lowest BCUT2D eigenvalue weighted by Gasteiger charge is -2.36. The highest BCUT2D eigenvalue weighted by Gasteiger charge is 2.29. The van der Waals surface area contributed by atoms with Crippen LogP contribution in [-0.4, -0.2) is 53.1 Å². The molecule has 0 aliphatic carbocycles. The van der Waals surface area contributed by atoms with Crippen LogP contribution >= 0.6 is 0 Å². The number of urea groups is 1. The van der Waals surface area contributed by atoms with Crippen LogP contribution in [0.2, 0.25) is 0 Å². The predicted molar refractivity (Wildman–Crippen MR) is 67.3 cm³/mol. The molecule has 100 valence electrons. The van der Waals surface area contributed by atoms with Gasteiger partial charge in [-0.3, -0.25) is 4.79 Å². The number of carboxylic acid groups (broad SMARTS) is 1. The van der Waals surface area contributed by atoms with Gasteiger partial charge in [0.15, 0.2) is 0 Å². The third-order valence-electron chi connectivity index (χ3n) is 3.72. The molecule has 1 N–H and O–H groups in total. The molecule has 0 unspecified atom stereocenters.